The van der Waals surface area contributed by atoms with Crippen LogP contribution in [0.5, 0.6) is 5.75 Å². The minimum absolute atomic E-state index is 0.0250. The molecule has 0 radical (unpaired) electrons. The Balaban J connectivity index is 2.89. The minimum Gasteiger partial charge on any atom is -0.489 e. The molecule has 3 N–H and O–H groups in total. The van der Waals surface area contributed by atoms with Gasteiger partial charge in [-0.05, 0) is 31.5 Å². The zero-order valence-electron chi connectivity index (χ0n) is 9.61. The number of aliphatic hydroxyl groups excluding tert-OH is 1. The van der Waals surface area contributed by atoms with Gasteiger partial charge in [-0.25, -0.2) is 0 Å². The molecule has 0 amide bonds. The third-order valence-electron chi connectivity index (χ3n) is 2.29. The molecule has 0 spiro atoms. The molecule has 0 aromatic heterocycles. The van der Waals surface area contributed by atoms with Crippen molar-refractivity contribution in [2.24, 2.45) is 5.73 Å². The van der Waals surface area contributed by atoms with Crippen molar-refractivity contribution in [3.8, 4) is 5.75 Å². The third-order valence-corrected chi connectivity index (χ3v) is 2.59. The van der Waals surface area contributed by atoms with Crippen molar-refractivity contribution in [1.29, 1.82) is 0 Å². The number of hydrogen-bond acceptors (Lipinski definition) is 3. The van der Waals surface area contributed by atoms with Crippen molar-refractivity contribution in [3.63, 3.8) is 0 Å². The zero-order valence-corrected chi connectivity index (χ0v) is 10.4. The fourth-order valence-electron chi connectivity index (χ4n) is 1.44. The molecule has 0 bridgehead atoms. The van der Waals surface area contributed by atoms with E-state index in [0.29, 0.717) is 17.3 Å². The standard InChI is InChI=1S/C12H18ClNO2/c1-8(2)16-12-4-3-9(5-11(12)13)10(6-14)7-15/h3-5,8,10,15H,6-7,14H2,1-2H3. The van der Waals surface area contributed by atoms with Gasteiger partial charge in [0.2, 0.25) is 0 Å². The van der Waals surface area contributed by atoms with Crippen LogP contribution in [0, 0.1) is 0 Å². The van der Waals surface area contributed by atoms with Crippen LogP contribution in [0.1, 0.15) is 25.3 Å². The summed E-state index contributed by atoms with van der Waals surface area (Å²) in [5, 5.41) is 9.68. The molecule has 1 unspecified atom stereocenters. The molecule has 3 nitrogen and oxygen atoms in total. The van der Waals surface area contributed by atoms with Crippen LogP contribution in [-0.4, -0.2) is 24.4 Å². The molecule has 1 rings (SSSR count). The van der Waals surface area contributed by atoms with E-state index >= 15 is 0 Å². The normalized spacial score (nSPS) is 12.9. The topological polar surface area (TPSA) is 55.5 Å². The third kappa shape index (κ3) is 3.37. The van der Waals surface area contributed by atoms with Gasteiger partial charge < -0.3 is 15.6 Å². The summed E-state index contributed by atoms with van der Waals surface area (Å²) < 4.78 is 5.52. The molecule has 0 fully saturated rings. The maximum atomic E-state index is 9.13. The van der Waals surface area contributed by atoms with Gasteiger partial charge in [0.05, 0.1) is 17.7 Å². The summed E-state index contributed by atoms with van der Waals surface area (Å²) in [6.45, 7) is 4.32. The molecule has 0 heterocycles. The fraction of sp³-hybridized carbons (Fsp3) is 0.500. The second-order valence-corrected chi connectivity index (χ2v) is 4.38. The van der Waals surface area contributed by atoms with Crippen LogP contribution >= 0.6 is 11.6 Å². The quantitative estimate of drug-likeness (QED) is 0.833. The summed E-state index contributed by atoms with van der Waals surface area (Å²) >= 11 is 6.08. The van der Waals surface area contributed by atoms with Crippen molar-refractivity contribution in [3.05, 3.63) is 28.8 Å². The van der Waals surface area contributed by atoms with E-state index in [9.17, 15) is 0 Å². The monoisotopic (exact) mass is 243 g/mol. The highest BCUT2D eigenvalue weighted by Gasteiger charge is 2.11. The van der Waals surface area contributed by atoms with Gasteiger partial charge in [0.1, 0.15) is 5.75 Å². The van der Waals surface area contributed by atoms with Crippen molar-refractivity contribution >= 4 is 11.6 Å². The number of benzene rings is 1. The van der Waals surface area contributed by atoms with E-state index in [-0.39, 0.29) is 18.6 Å². The summed E-state index contributed by atoms with van der Waals surface area (Å²) in [7, 11) is 0. The van der Waals surface area contributed by atoms with Crippen LogP contribution in [0.3, 0.4) is 0 Å². The Morgan fingerprint density at radius 1 is 1.44 bits per heavy atom. The van der Waals surface area contributed by atoms with Crippen LogP contribution in [0.4, 0.5) is 0 Å². The summed E-state index contributed by atoms with van der Waals surface area (Å²) in [6, 6.07) is 5.50. The second-order valence-electron chi connectivity index (χ2n) is 3.97. The van der Waals surface area contributed by atoms with Crippen LogP contribution in [0.25, 0.3) is 0 Å². The van der Waals surface area contributed by atoms with Gasteiger partial charge in [0, 0.05) is 12.5 Å². The lowest BCUT2D eigenvalue weighted by atomic mass is 10.0. The molecule has 1 aromatic rings. The molecule has 90 valence electrons. The highest BCUT2D eigenvalue weighted by Crippen LogP contribution is 2.29. The number of ether oxygens (including phenoxy) is 1. The largest absolute Gasteiger partial charge is 0.489 e. The molecule has 16 heavy (non-hydrogen) atoms. The van der Waals surface area contributed by atoms with E-state index in [0.717, 1.165) is 5.56 Å². The number of nitrogens with two attached hydrogens (primary N) is 1. The van der Waals surface area contributed by atoms with Gasteiger partial charge in [-0.2, -0.15) is 0 Å². The van der Waals surface area contributed by atoms with Crippen LogP contribution in [0.2, 0.25) is 5.02 Å². The van der Waals surface area contributed by atoms with Gasteiger partial charge in [-0.1, -0.05) is 17.7 Å². The van der Waals surface area contributed by atoms with Crippen LogP contribution in [0.15, 0.2) is 18.2 Å². The summed E-state index contributed by atoms with van der Waals surface area (Å²) in [5.41, 5.74) is 6.49. The molecule has 0 aliphatic heterocycles. The first-order valence-corrected chi connectivity index (χ1v) is 5.73. The second kappa shape index (κ2) is 6.09. The van der Waals surface area contributed by atoms with Crippen molar-refractivity contribution in [1.82, 2.24) is 0 Å². The Labute approximate surface area is 101 Å². The SMILES string of the molecule is CC(C)Oc1ccc(C(CN)CO)cc1Cl. The molecule has 0 saturated carbocycles. The predicted octanol–water partition coefficient (Wildman–Crippen LogP) is 2.16. The van der Waals surface area contributed by atoms with Gasteiger partial charge >= 0.3 is 0 Å². The Hall–Kier alpha value is -0.770. The average Bonchev–Trinajstić information content (AvgIpc) is 2.23. The summed E-state index contributed by atoms with van der Waals surface area (Å²) in [6.07, 6.45) is 0.0893. The van der Waals surface area contributed by atoms with Gasteiger partial charge in [-0.15, -0.1) is 0 Å². The number of halogens is 1. The molecule has 1 aromatic carbocycles. The summed E-state index contributed by atoms with van der Waals surface area (Å²) in [5.74, 6) is 0.597. The fourth-order valence-corrected chi connectivity index (χ4v) is 1.67. The van der Waals surface area contributed by atoms with Crippen molar-refractivity contribution in [2.45, 2.75) is 25.9 Å². The lowest BCUT2D eigenvalue weighted by molar-refractivity contribution is 0.242. The first-order valence-electron chi connectivity index (χ1n) is 5.35. The Bertz CT molecular complexity index is 338. The lowest BCUT2D eigenvalue weighted by Gasteiger charge is -2.15. The van der Waals surface area contributed by atoms with E-state index < -0.39 is 0 Å². The molecule has 1 atom stereocenters. The number of rotatable bonds is 5. The molecular weight excluding hydrogens is 226 g/mol. The molecule has 4 heteroatoms. The first-order chi connectivity index (χ1) is 7.58. The smallest absolute Gasteiger partial charge is 0.138 e. The van der Waals surface area contributed by atoms with E-state index in [1.165, 1.54) is 0 Å². The van der Waals surface area contributed by atoms with Crippen LogP contribution in [-0.2, 0) is 0 Å². The summed E-state index contributed by atoms with van der Waals surface area (Å²) in [4.78, 5) is 0. The van der Waals surface area contributed by atoms with Gasteiger partial charge in [-0.3, -0.25) is 0 Å². The molecule has 0 aliphatic carbocycles. The van der Waals surface area contributed by atoms with E-state index in [1.54, 1.807) is 6.07 Å². The lowest BCUT2D eigenvalue weighted by Crippen LogP contribution is -2.16. The van der Waals surface area contributed by atoms with E-state index in [4.69, 9.17) is 27.2 Å². The molecule has 0 saturated heterocycles. The number of aliphatic hydroxyl groups is 1. The zero-order chi connectivity index (χ0) is 12.1. The molecule has 0 aliphatic rings. The highest BCUT2D eigenvalue weighted by molar-refractivity contribution is 6.32. The Morgan fingerprint density at radius 3 is 2.56 bits per heavy atom. The minimum atomic E-state index is -0.0643. The van der Waals surface area contributed by atoms with Gasteiger partial charge in [0.25, 0.3) is 0 Å². The van der Waals surface area contributed by atoms with E-state index in [2.05, 4.69) is 0 Å². The first kappa shape index (κ1) is 13.3. The highest BCUT2D eigenvalue weighted by atomic mass is 35.5. The van der Waals surface area contributed by atoms with Crippen molar-refractivity contribution in [2.75, 3.05) is 13.2 Å². The number of hydrogen-bond donors (Lipinski definition) is 2. The van der Waals surface area contributed by atoms with Crippen LogP contribution < -0.4 is 10.5 Å². The molecular formula is C12H18ClNO2. The van der Waals surface area contributed by atoms with E-state index in [1.807, 2.05) is 26.0 Å². The van der Waals surface area contributed by atoms with Crippen molar-refractivity contribution < 1.29 is 9.84 Å². The maximum absolute atomic E-state index is 9.13. The van der Waals surface area contributed by atoms with Gasteiger partial charge in [0.15, 0.2) is 0 Å². The Kier molecular flexibility index (Phi) is 5.06. The maximum Gasteiger partial charge on any atom is 0.138 e. The average molecular weight is 244 g/mol. The Morgan fingerprint density at radius 2 is 2.12 bits per heavy atom. The predicted molar refractivity (Wildman–Crippen MR) is 66.1 cm³/mol.